The van der Waals surface area contributed by atoms with Gasteiger partial charge in [-0.1, -0.05) is 0 Å². The Kier molecular flexibility index (Phi) is 2.89. The van der Waals surface area contributed by atoms with Crippen molar-refractivity contribution in [2.75, 3.05) is 11.9 Å². The Balaban J connectivity index is 2.47. The van der Waals surface area contributed by atoms with Gasteiger partial charge in [-0.25, -0.2) is 4.57 Å². The normalized spacial score (nSPS) is 15.8. The van der Waals surface area contributed by atoms with E-state index in [4.69, 9.17) is 0 Å². The highest BCUT2D eigenvalue weighted by Gasteiger charge is 2.17. The van der Waals surface area contributed by atoms with Crippen LogP contribution in [-0.2, 0) is 6.54 Å². The maximum atomic E-state index is 3.55. The molecule has 1 N–H and O–H groups in total. The van der Waals surface area contributed by atoms with Crippen LogP contribution in [0.2, 0.25) is 0 Å². The van der Waals surface area contributed by atoms with E-state index in [0.29, 0.717) is 0 Å². The van der Waals surface area contributed by atoms with Crippen LogP contribution >= 0.6 is 31.9 Å². The molecule has 0 fully saturated rings. The Morgan fingerprint density at radius 1 is 1.31 bits per heavy atom. The summed E-state index contributed by atoms with van der Waals surface area (Å²) < 4.78 is 4.50. The van der Waals surface area contributed by atoms with E-state index in [1.54, 1.807) is 0 Å². The predicted octanol–water partition coefficient (Wildman–Crippen LogP) is 2.70. The molecule has 1 aliphatic rings. The fraction of sp³-hybridized carbons (Fsp3) is 0.444. The Labute approximate surface area is 94.6 Å². The van der Waals surface area contributed by atoms with Crippen LogP contribution in [0.4, 0.5) is 5.82 Å². The molecule has 0 saturated heterocycles. The van der Waals surface area contributed by atoms with Crippen LogP contribution in [0.3, 0.4) is 0 Å². The molecule has 0 saturated carbocycles. The number of hydrogen-bond acceptors (Lipinski definition) is 1. The number of nitrogens with one attached hydrogen (secondary N) is 1. The number of pyridine rings is 1. The number of anilines is 1. The molecule has 0 spiro atoms. The van der Waals surface area contributed by atoms with Crippen LogP contribution < -0.4 is 9.88 Å². The zero-order valence-corrected chi connectivity index (χ0v) is 10.4. The second-order valence-electron chi connectivity index (χ2n) is 3.18. The second kappa shape index (κ2) is 3.96. The summed E-state index contributed by atoms with van der Waals surface area (Å²) in [7, 11) is 0. The summed E-state index contributed by atoms with van der Waals surface area (Å²) in [6.45, 7) is 2.17. The average Bonchev–Trinajstić information content (AvgIpc) is 2.28. The van der Waals surface area contributed by atoms with Gasteiger partial charge in [-0.2, -0.15) is 0 Å². The molecule has 4 heteroatoms. The molecule has 2 nitrogen and oxygen atoms in total. The molecule has 2 heterocycles. The lowest BCUT2D eigenvalue weighted by Crippen LogP contribution is -2.35. The summed E-state index contributed by atoms with van der Waals surface area (Å²) in [5.41, 5.74) is 0. The fourth-order valence-corrected chi connectivity index (χ4v) is 2.95. The molecule has 1 aliphatic heterocycles. The van der Waals surface area contributed by atoms with Crippen molar-refractivity contribution in [3.05, 3.63) is 21.2 Å². The second-order valence-corrected chi connectivity index (χ2v) is 4.95. The quantitative estimate of drug-likeness (QED) is 0.729. The van der Waals surface area contributed by atoms with Crippen molar-refractivity contribution >= 4 is 37.7 Å². The number of rotatable bonds is 0. The third-order valence-corrected chi connectivity index (χ3v) is 3.21. The Morgan fingerprint density at radius 3 is 3.00 bits per heavy atom. The topological polar surface area (TPSA) is 15.9 Å². The summed E-state index contributed by atoms with van der Waals surface area (Å²) in [4.78, 5) is 0. The molecule has 0 bridgehead atoms. The standard InChI is InChI=1S/C9H10Br2N2/c10-7-5-8(11)9-12-3-1-2-4-13(9)6-7/h5-6H,1-4H2/p+1. The van der Waals surface area contributed by atoms with Gasteiger partial charge in [-0.05, 0) is 50.8 Å². The van der Waals surface area contributed by atoms with Crippen LogP contribution in [0.5, 0.6) is 0 Å². The van der Waals surface area contributed by atoms with E-state index in [0.717, 1.165) is 22.0 Å². The van der Waals surface area contributed by atoms with Crippen molar-refractivity contribution in [3.8, 4) is 0 Å². The minimum Gasteiger partial charge on any atom is -0.273 e. The van der Waals surface area contributed by atoms with E-state index < -0.39 is 0 Å². The van der Waals surface area contributed by atoms with E-state index in [1.165, 1.54) is 18.7 Å². The molecular formula is C9H11Br2N2+. The van der Waals surface area contributed by atoms with Crippen molar-refractivity contribution < 1.29 is 4.57 Å². The van der Waals surface area contributed by atoms with Gasteiger partial charge < -0.3 is 0 Å². The van der Waals surface area contributed by atoms with Crippen molar-refractivity contribution in [1.29, 1.82) is 0 Å². The highest BCUT2D eigenvalue weighted by molar-refractivity contribution is 9.11. The lowest BCUT2D eigenvalue weighted by molar-refractivity contribution is -0.683. The van der Waals surface area contributed by atoms with Crippen LogP contribution in [0, 0.1) is 0 Å². The van der Waals surface area contributed by atoms with Crippen molar-refractivity contribution in [2.24, 2.45) is 0 Å². The van der Waals surface area contributed by atoms with E-state index in [9.17, 15) is 0 Å². The molecule has 2 rings (SSSR count). The monoisotopic (exact) mass is 305 g/mol. The smallest absolute Gasteiger partial charge is 0.273 e. The predicted molar refractivity (Wildman–Crippen MR) is 59.8 cm³/mol. The first kappa shape index (κ1) is 9.46. The summed E-state index contributed by atoms with van der Waals surface area (Å²) >= 11 is 7.04. The van der Waals surface area contributed by atoms with Gasteiger partial charge in [0.1, 0.15) is 10.7 Å². The van der Waals surface area contributed by atoms with E-state index >= 15 is 0 Å². The Hall–Kier alpha value is -0.0900. The molecule has 13 heavy (non-hydrogen) atoms. The lowest BCUT2D eigenvalue weighted by Gasteiger charge is -2.04. The number of nitrogens with zero attached hydrogens (tertiary/aromatic N) is 1. The molecule has 70 valence electrons. The number of aryl methyl sites for hydroxylation is 1. The van der Waals surface area contributed by atoms with Gasteiger partial charge in [-0.3, -0.25) is 5.32 Å². The minimum absolute atomic E-state index is 1.07. The first-order valence-electron chi connectivity index (χ1n) is 4.40. The fourth-order valence-electron chi connectivity index (χ4n) is 1.55. The molecule has 0 radical (unpaired) electrons. The SMILES string of the molecule is Brc1cc(Br)c2[n+](c1)CCCCN2. The molecule has 0 atom stereocenters. The maximum absolute atomic E-state index is 3.55. The van der Waals surface area contributed by atoms with Gasteiger partial charge in [0.2, 0.25) is 0 Å². The molecular weight excluding hydrogens is 296 g/mol. The van der Waals surface area contributed by atoms with E-state index in [1.807, 2.05) is 0 Å². The summed E-state index contributed by atoms with van der Waals surface area (Å²) in [5.74, 6) is 1.20. The summed E-state index contributed by atoms with van der Waals surface area (Å²) in [6, 6.07) is 2.07. The highest BCUT2D eigenvalue weighted by atomic mass is 79.9. The number of hydrogen-bond donors (Lipinski definition) is 1. The van der Waals surface area contributed by atoms with E-state index in [-0.39, 0.29) is 0 Å². The average molecular weight is 307 g/mol. The number of fused-ring (bicyclic) bond motifs is 1. The Morgan fingerprint density at radius 2 is 2.15 bits per heavy atom. The van der Waals surface area contributed by atoms with Gasteiger partial charge in [-0.15, -0.1) is 0 Å². The Bertz CT molecular complexity index is 326. The van der Waals surface area contributed by atoms with Crippen molar-refractivity contribution in [1.82, 2.24) is 0 Å². The molecule has 0 aliphatic carbocycles. The van der Waals surface area contributed by atoms with Crippen LogP contribution in [0.1, 0.15) is 12.8 Å². The molecule has 0 unspecified atom stereocenters. The molecule has 0 aromatic carbocycles. The lowest BCUT2D eigenvalue weighted by atomic mass is 10.3. The minimum atomic E-state index is 1.07. The number of aromatic nitrogens is 1. The number of halogens is 2. The van der Waals surface area contributed by atoms with Gasteiger partial charge >= 0.3 is 0 Å². The molecule has 1 aromatic rings. The molecule has 0 amide bonds. The highest BCUT2D eigenvalue weighted by Crippen LogP contribution is 2.23. The van der Waals surface area contributed by atoms with Gasteiger partial charge in [0, 0.05) is 0 Å². The third kappa shape index (κ3) is 2.05. The summed E-state index contributed by atoms with van der Waals surface area (Å²) in [5, 5.41) is 3.42. The largest absolute Gasteiger partial charge is 0.288 e. The first-order valence-corrected chi connectivity index (χ1v) is 5.98. The van der Waals surface area contributed by atoms with Crippen LogP contribution in [0.15, 0.2) is 21.2 Å². The van der Waals surface area contributed by atoms with Crippen molar-refractivity contribution in [3.63, 3.8) is 0 Å². The molecule has 1 aromatic heterocycles. The van der Waals surface area contributed by atoms with Gasteiger partial charge in [0.15, 0.2) is 0 Å². The van der Waals surface area contributed by atoms with E-state index in [2.05, 4.69) is 54.0 Å². The van der Waals surface area contributed by atoms with Crippen LogP contribution in [-0.4, -0.2) is 6.54 Å². The zero-order valence-electron chi connectivity index (χ0n) is 7.19. The van der Waals surface area contributed by atoms with Crippen molar-refractivity contribution in [2.45, 2.75) is 19.4 Å². The third-order valence-electron chi connectivity index (χ3n) is 2.18. The van der Waals surface area contributed by atoms with Gasteiger partial charge in [0.25, 0.3) is 5.82 Å². The van der Waals surface area contributed by atoms with Gasteiger partial charge in [0.05, 0.1) is 17.6 Å². The summed E-state index contributed by atoms with van der Waals surface area (Å²) in [6.07, 6.45) is 4.61. The maximum Gasteiger partial charge on any atom is 0.288 e. The van der Waals surface area contributed by atoms with Crippen LogP contribution in [0.25, 0.3) is 0 Å². The zero-order chi connectivity index (χ0) is 9.26. The first-order chi connectivity index (χ1) is 6.27.